The molecule has 0 unspecified atom stereocenters. The van der Waals surface area contributed by atoms with Crippen LogP contribution in [0.25, 0.3) is 11.4 Å². The molecule has 1 aliphatic rings. The van der Waals surface area contributed by atoms with Gasteiger partial charge in [-0.25, -0.2) is 4.79 Å². The summed E-state index contributed by atoms with van der Waals surface area (Å²) in [7, 11) is 0. The molecule has 0 saturated carbocycles. The van der Waals surface area contributed by atoms with Gasteiger partial charge in [-0.15, -0.1) is 0 Å². The van der Waals surface area contributed by atoms with Crippen LogP contribution in [0.3, 0.4) is 0 Å². The maximum Gasteiger partial charge on any atom is 0.407 e. The van der Waals surface area contributed by atoms with E-state index in [2.05, 4.69) is 20.4 Å². The van der Waals surface area contributed by atoms with Crippen LogP contribution in [0.4, 0.5) is 4.79 Å². The van der Waals surface area contributed by atoms with Gasteiger partial charge in [0.05, 0.1) is 6.54 Å². The van der Waals surface area contributed by atoms with Crippen molar-refractivity contribution < 1.29 is 18.8 Å². The Labute approximate surface area is 196 Å². The molecule has 0 atom stereocenters. The highest BCUT2D eigenvalue weighted by Crippen LogP contribution is 2.19. The van der Waals surface area contributed by atoms with E-state index < -0.39 is 6.09 Å². The second-order valence-electron chi connectivity index (χ2n) is 7.59. The smallest absolute Gasteiger partial charge is 0.407 e. The maximum absolute atomic E-state index is 12.4. The number of aromatic nitrogens is 2. The topological polar surface area (TPSA) is 101 Å². The number of rotatable bonds is 7. The molecule has 0 spiro atoms. The average Bonchev–Trinajstić information content (AvgIpc) is 3.31. The zero-order valence-corrected chi connectivity index (χ0v) is 18.7. The number of nitrogens with one attached hydrogen (secondary N) is 1. The van der Waals surface area contributed by atoms with Crippen LogP contribution in [0.2, 0.25) is 5.02 Å². The third-order valence-electron chi connectivity index (χ3n) is 5.25. The first-order valence-electron chi connectivity index (χ1n) is 10.6. The number of hydrogen-bond acceptors (Lipinski definition) is 7. The molecule has 1 aliphatic heterocycles. The first-order valence-corrected chi connectivity index (χ1v) is 11.0. The summed E-state index contributed by atoms with van der Waals surface area (Å²) in [5.74, 6) is 0.886. The van der Waals surface area contributed by atoms with E-state index in [-0.39, 0.29) is 19.1 Å². The van der Waals surface area contributed by atoms with Gasteiger partial charge in [-0.1, -0.05) is 47.1 Å². The second-order valence-corrected chi connectivity index (χ2v) is 8.03. The van der Waals surface area contributed by atoms with Crippen LogP contribution in [0.5, 0.6) is 0 Å². The summed E-state index contributed by atoms with van der Waals surface area (Å²) >= 11 is 5.91. The van der Waals surface area contributed by atoms with Gasteiger partial charge in [0.1, 0.15) is 13.2 Å². The number of piperazine rings is 1. The van der Waals surface area contributed by atoms with E-state index in [9.17, 15) is 9.59 Å². The first kappa shape index (κ1) is 22.8. The molecule has 1 saturated heterocycles. The molecule has 172 valence electrons. The summed E-state index contributed by atoms with van der Waals surface area (Å²) in [6, 6.07) is 16.6. The highest BCUT2D eigenvalue weighted by molar-refractivity contribution is 6.30. The average molecular weight is 470 g/mol. The number of nitrogens with zero attached hydrogens (tertiary/aromatic N) is 4. The van der Waals surface area contributed by atoms with E-state index in [0.29, 0.717) is 49.5 Å². The van der Waals surface area contributed by atoms with Crippen molar-refractivity contribution in [3.63, 3.8) is 0 Å². The fourth-order valence-corrected chi connectivity index (χ4v) is 3.54. The van der Waals surface area contributed by atoms with Crippen LogP contribution < -0.4 is 5.32 Å². The summed E-state index contributed by atoms with van der Waals surface area (Å²) in [4.78, 5) is 32.6. The summed E-state index contributed by atoms with van der Waals surface area (Å²) in [6.07, 6.45) is -0.612. The van der Waals surface area contributed by atoms with E-state index in [4.69, 9.17) is 20.9 Å². The lowest BCUT2D eigenvalue weighted by atomic mass is 10.2. The van der Waals surface area contributed by atoms with Gasteiger partial charge in [0.2, 0.25) is 17.6 Å². The predicted octanol–water partition coefficient (Wildman–Crippen LogP) is 2.96. The van der Waals surface area contributed by atoms with Gasteiger partial charge in [-0.2, -0.15) is 4.98 Å². The number of benzene rings is 2. The third-order valence-corrected chi connectivity index (χ3v) is 5.50. The summed E-state index contributed by atoms with van der Waals surface area (Å²) in [5, 5.41) is 7.19. The minimum atomic E-state index is -0.612. The fourth-order valence-electron chi connectivity index (χ4n) is 3.42. The molecule has 2 amide bonds. The molecule has 4 rings (SSSR count). The van der Waals surface area contributed by atoms with Crippen LogP contribution in [0, 0.1) is 0 Å². The van der Waals surface area contributed by atoms with Gasteiger partial charge < -0.3 is 19.5 Å². The zero-order valence-electron chi connectivity index (χ0n) is 17.9. The summed E-state index contributed by atoms with van der Waals surface area (Å²) in [6.45, 7) is 3.02. The van der Waals surface area contributed by atoms with Gasteiger partial charge in [-0.05, 0) is 29.8 Å². The van der Waals surface area contributed by atoms with Gasteiger partial charge in [0.25, 0.3) is 0 Å². The quantitative estimate of drug-likeness (QED) is 0.567. The number of carbonyl (C=O) groups excluding carboxylic acids is 2. The molecular formula is C23H24ClN5O4. The van der Waals surface area contributed by atoms with Gasteiger partial charge in [0, 0.05) is 36.8 Å². The monoisotopic (exact) mass is 469 g/mol. The zero-order chi connectivity index (χ0) is 23.0. The molecule has 3 aromatic rings. The third kappa shape index (κ3) is 6.53. The minimum absolute atomic E-state index is 0.0955. The van der Waals surface area contributed by atoms with E-state index in [0.717, 1.165) is 11.1 Å². The Morgan fingerprint density at radius 2 is 1.76 bits per heavy atom. The number of halogens is 1. The Kier molecular flexibility index (Phi) is 7.54. The fraction of sp³-hybridized carbons (Fsp3) is 0.304. The molecule has 2 aromatic carbocycles. The van der Waals surface area contributed by atoms with Crippen LogP contribution in [-0.2, 0) is 22.7 Å². The summed E-state index contributed by atoms with van der Waals surface area (Å²) < 4.78 is 10.5. The normalized spacial score (nSPS) is 14.2. The van der Waals surface area contributed by atoms with Crippen LogP contribution in [0.15, 0.2) is 59.1 Å². The highest BCUT2D eigenvalue weighted by atomic mass is 35.5. The molecule has 0 bridgehead atoms. The molecule has 0 radical (unpaired) electrons. The Balaban J connectivity index is 1.17. The van der Waals surface area contributed by atoms with Gasteiger partial charge >= 0.3 is 6.09 Å². The number of ether oxygens (including phenoxy) is 1. The Morgan fingerprint density at radius 1 is 1.03 bits per heavy atom. The Hall–Kier alpha value is -3.43. The molecular weight excluding hydrogens is 446 g/mol. The van der Waals surface area contributed by atoms with E-state index in [1.54, 1.807) is 17.0 Å². The number of carbonyl (C=O) groups is 2. The van der Waals surface area contributed by atoms with E-state index in [1.165, 1.54) is 0 Å². The van der Waals surface area contributed by atoms with Crippen molar-refractivity contribution in [3.05, 3.63) is 71.1 Å². The van der Waals surface area contributed by atoms with Gasteiger partial charge in [-0.3, -0.25) is 9.69 Å². The van der Waals surface area contributed by atoms with Crippen molar-refractivity contribution in [1.82, 2.24) is 25.3 Å². The summed E-state index contributed by atoms with van der Waals surface area (Å²) in [5.41, 5.74) is 1.72. The highest BCUT2D eigenvalue weighted by Gasteiger charge is 2.23. The lowest BCUT2D eigenvalue weighted by molar-refractivity contribution is -0.132. The van der Waals surface area contributed by atoms with Crippen molar-refractivity contribution in [2.24, 2.45) is 0 Å². The first-order chi connectivity index (χ1) is 16.1. The van der Waals surface area contributed by atoms with Crippen molar-refractivity contribution in [2.75, 3.05) is 32.7 Å². The molecule has 1 N–H and O–H groups in total. The molecule has 9 nitrogen and oxygen atoms in total. The van der Waals surface area contributed by atoms with Crippen molar-refractivity contribution in [1.29, 1.82) is 0 Å². The molecule has 1 fully saturated rings. The number of alkyl carbamates (subject to hydrolysis) is 1. The van der Waals surface area contributed by atoms with Gasteiger partial charge in [0.15, 0.2) is 0 Å². The molecule has 1 aromatic heterocycles. The lowest BCUT2D eigenvalue weighted by Gasteiger charge is -2.33. The van der Waals surface area contributed by atoms with E-state index in [1.807, 2.05) is 42.5 Å². The number of hydrogen-bond donors (Lipinski definition) is 1. The number of amides is 2. The molecule has 0 aliphatic carbocycles. The predicted molar refractivity (Wildman–Crippen MR) is 121 cm³/mol. The molecule has 33 heavy (non-hydrogen) atoms. The van der Waals surface area contributed by atoms with Crippen molar-refractivity contribution in [2.45, 2.75) is 13.2 Å². The van der Waals surface area contributed by atoms with Crippen LogP contribution in [0.1, 0.15) is 11.5 Å². The molecule has 2 heterocycles. The lowest BCUT2D eigenvalue weighted by Crippen LogP contribution is -2.50. The Morgan fingerprint density at radius 3 is 2.48 bits per heavy atom. The second kappa shape index (κ2) is 10.9. The van der Waals surface area contributed by atoms with Crippen LogP contribution >= 0.6 is 11.6 Å². The van der Waals surface area contributed by atoms with E-state index >= 15 is 0 Å². The SMILES string of the molecule is O=C(NCC(=O)N1CCN(Cc2nc(-c3ccc(Cl)cc3)no2)CC1)OCc1ccccc1. The minimum Gasteiger partial charge on any atom is -0.445 e. The molecule has 10 heteroatoms. The maximum atomic E-state index is 12.4. The van der Waals surface area contributed by atoms with Crippen LogP contribution in [-0.4, -0.2) is 64.7 Å². The standard InChI is InChI=1S/C23H24ClN5O4/c24-19-8-6-18(7-9-19)22-26-20(33-27-22)15-28-10-12-29(13-11-28)21(30)14-25-23(31)32-16-17-4-2-1-3-5-17/h1-9H,10-16H2,(H,25,31). The Bertz CT molecular complexity index is 1070. The van der Waals surface area contributed by atoms with Crippen molar-refractivity contribution in [3.8, 4) is 11.4 Å². The van der Waals surface area contributed by atoms with Crippen molar-refractivity contribution >= 4 is 23.6 Å². The largest absolute Gasteiger partial charge is 0.445 e.